The summed E-state index contributed by atoms with van der Waals surface area (Å²) in [6.45, 7) is 5.05. The molecule has 1 N–H and O–H groups in total. The van der Waals surface area contributed by atoms with Crippen LogP contribution in [0.1, 0.15) is 19.4 Å². The quantitative estimate of drug-likeness (QED) is 0.795. The van der Waals surface area contributed by atoms with Crippen molar-refractivity contribution < 1.29 is 17.9 Å². The third-order valence-electron chi connectivity index (χ3n) is 3.34. The van der Waals surface area contributed by atoms with Crippen molar-refractivity contribution in [1.82, 2.24) is 4.72 Å². The lowest BCUT2D eigenvalue weighted by Gasteiger charge is -2.10. The molecule has 0 fully saturated rings. The van der Waals surface area contributed by atoms with Crippen molar-refractivity contribution in [1.29, 1.82) is 0 Å². The second kappa shape index (κ2) is 8.17. The first kappa shape index (κ1) is 18.3. The van der Waals surface area contributed by atoms with Gasteiger partial charge in [-0.25, -0.2) is 13.1 Å². The lowest BCUT2D eigenvalue weighted by molar-refractivity contribution is 0.271. The van der Waals surface area contributed by atoms with Gasteiger partial charge in [-0.3, -0.25) is 0 Å². The molecular weight excluding hydrogens is 326 g/mol. The number of rotatable bonds is 8. The van der Waals surface area contributed by atoms with Gasteiger partial charge in [0.2, 0.25) is 10.0 Å². The molecule has 0 atom stereocenters. The van der Waals surface area contributed by atoms with Gasteiger partial charge in [0.1, 0.15) is 11.5 Å². The Morgan fingerprint density at radius 1 is 0.958 bits per heavy atom. The molecular formula is C18H23NO4S. The molecule has 5 nitrogen and oxygen atoms in total. The van der Waals surface area contributed by atoms with Gasteiger partial charge >= 0.3 is 0 Å². The van der Waals surface area contributed by atoms with Crippen LogP contribution in [-0.4, -0.2) is 22.1 Å². The number of nitrogens with one attached hydrogen (secondary N) is 1. The molecule has 24 heavy (non-hydrogen) atoms. The highest BCUT2D eigenvalue weighted by Crippen LogP contribution is 2.17. The maximum atomic E-state index is 12.3. The summed E-state index contributed by atoms with van der Waals surface area (Å²) in [6.07, 6.45) is 0. The van der Waals surface area contributed by atoms with E-state index >= 15 is 0 Å². The van der Waals surface area contributed by atoms with Crippen LogP contribution in [0.5, 0.6) is 11.5 Å². The molecule has 0 aromatic heterocycles. The van der Waals surface area contributed by atoms with Crippen molar-refractivity contribution in [2.45, 2.75) is 25.3 Å². The minimum atomic E-state index is -3.55. The van der Waals surface area contributed by atoms with Crippen molar-refractivity contribution in [3.8, 4) is 11.5 Å². The fraction of sp³-hybridized carbons (Fsp3) is 0.333. The Labute approximate surface area is 143 Å². The molecule has 0 spiro atoms. The summed E-state index contributed by atoms with van der Waals surface area (Å²) in [4.78, 5) is 0.209. The van der Waals surface area contributed by atoms with E-state index in [0.29, 0.717) is 18.3 Å². The minimum absolute atomic E-state index is 0.209. The number of methoxy groups -OCH3 is 1. The molecule has 2 rings (SSSR count). The van der Waals surface area contributed by atoms with Gasteiger partial charge in [0.25, 0.3) is 0 Å². The topological polar surface area (TPSA) is 64.6 Å². The lowest BCUT2D eigenvalue weighted by atomic mass is 10.2. The zero-order valence-corrected chi connectivity index (χ0v) is 15.0. The Kier molecular flexibility index (Phi) is 6.23. The first-order valence-electron chi connectivity index (χ1n) is 7.76. The highest BCUT2D eigenvalue weighted by Gasteiger charge is 2.13. The summed E-state index contributed by atoms with van der Waals surface area (Å²) in [6, 6.07) is 13.7. The Morgan fingerprint density at radius 3 is 2.08 bits per heavy atom. The Bertz CT molecular complexity index is 738. The van der Waals surface area contributed by atoms with Gasteiger partial charge in [-0.05, 0) is 47.9 Å². The van der Waals surface area contributed by atoms with Gasteiger partial charge in [-0.2, -0.15) is 0 Å². The van der Waals surface area contributed by atoms with Gasteiger partial charge < -0.3 is 9.47 Å². The van der Waals surface area contributed by atoms with Gasteiger partial charge in [-0.15, -0.1) is 0 Å². The molecule has 0 amide bonds. The summed E-state index contributed by atoms with van der Waals surface area (Å²) in [5.74, 6) is 1.86. The monoisotopic (exact) mass is 349 g/mol. The van der Waals surface area contributed by atoms with Crippen LogP contribution in [-0.2, 0) is 16.6 Å². The second-order valence-electron chi connectivity index (χ2n) is 5.85. The van der Waals surface area contributed by atoms with Gasteiger partial charge in [0, 0.05) is 6.54 Å². The molecule has 0 aliphatic heterocycles. The van der Waals surface area contributed by atoms with Crippen LogP contribution in [0.2, 0.25) is 0 Å². The van der Waals surface area contributed by atoms with Crippen LogP contribution in [0.4, 0.5) is 0 Å². The molecule has 2 aromatic rings. The van der Waals surface area contributed by atoms with Crippen molar-refractivity contribution in [3.05, 3.63) is 54.1 Å². The SMILES string of the molecule is COc1ccc(S(=O)(=O)NCc2ccc(OCC(C)C)cc2)cc1. The lowest BCUT2D eigenvalue weighted by Crippen LogP contribution is -2.23. The third kappa shape index (κ3) is 5.25. The summed E-state index contributed by atoms with van der Waals surface area (Å²) in [5, 5.41) is 0. The molecule has 2 aromatic carbocycles. The molecule has 6 heteroatoms. The molecule has 0 radical (unpaired) electrons. The summed E-state index contributed by atoms with van der Waals surface area (Å²) >= 11 is 0. The van der Waals surface area contributed by atoms with E-state index in [1.54, 1.807) is 12.1 Å². The first-order chi connectivity index (χ1) is 11.4. The van der Waals surface area contributed by atoms with Crippen molar-refractivity contribution in [2.24, 2.45) is 5.92 Å². The maximum Gasteiger partial charge on any atom is 0.240 e. The predicted molar refractivity (Wildman–Crippen MR) is 93.8 cm³/mol. The summed E-state index contributed by atoms with van der Waals surface area (Å²) < 4.78 is 37.8. The molecule has 0 aliphatic carbocycles. The fourth-order valence-electron chi connectivity index (χ4n) is 1.98. The number of benzene rings is 2. The normalized spacial score (nSPS) is 11.5. The molecule has 0 unspecified atom stereocenters. The maximum absolute atomic E-state index is 12.3. The highest BCUT2D eigenvalue weighted by molar-refractivity contribution is 7.89. The largest absolute Gasteiger partial charge is 0.497 e. The molecule has 130 valence electrons. The van der Waals surface area contributed by atoms with E-state index in [-0.39, 0.29) is 11.4 Å². The molecule has 0 saturated carbocycles. The van der Waals surface area contributed by atoms with Crippen LogP contribution in [0.3, 0.4) is 0 Å². The van der Waals surface area contributed by atoms with Gasteiger partial charge in [0.05, 0.1) is 18.6 Å². The van der Waals surface area contributed by atoms with Crippen LogP contribution in [0.15, 0.2) is 53.4 Å². The highest BCUT2D eigenvalue weighted by atomic mass is 32.2. The van der Waals surface area contributed by atoms with E-state index in [2.05, 4.69) is 18.6 Å². The van der Waals surface area contributed by atoms with E-state index in [9.17, 15) is 8.42 Å². The van der Waals surface area contributed by atoms with Gasteiger partial charge in [-0.1, -0.05) is 26.0 Å². The van der Waals surface area contributed by atoms with Crippen LogP contribution in [0, 0.1) is 5.92 Å². The Hall–Kier alpha value is -2.05. The van der Waals surface area contributed by atoms with Crippen molar-refractivity contribution >= 4 is 10.0 Å². The summed E-state index contributed by atoms with van der Waals surface area (Å²) in [5.41, 5.74) is 0.865. The minimum Gasteiger partial charge on any atom is -0.497 e. The average molecular weight is 349 g/mol. The zero-order valence-electron chi connectivity index (χ0n) is 14.2. The first-order valence-corrected chi connectivity index (χ1v) is 9.24. The zero-order chi connectivity index (χ0) is 17.6. The van der Waals surface area contributed by atoms with E-state index in [4.69, 9.17) is 9.47 Å². The molecule has 0 bridgehead atoms. The van der Waals surface area contributed by atoms with Crippen molar-refractivity contribution in [3.63, 3.8) is 0 Å². The Balaban J connectivity index is 1.96. The van der Waals surface area contributed by atoms with E-state index in [0.717, 1.165) is 11.3 Å². The van der Waals surface area contributed by atoms with E-state index < -0.39 is 10.0 Å². The smallest absolute Gasteiger partial charge is 0.240 e. The standard InChI is InChI=1S/C18H23NO4S/c1-14(2)13-23-17-6-4-15(5-7-17)12-19-24(20,21)18-10-8-16(22-3)9-11-18/h4-11,14,19H,12-13H2,1-3H3. The number of ether oxygens (including phenoxy) is 2. The molecule has 0 heterocycles. The summed E-state index contributed by atoms with van der Waals surface area (Å²) in [7, 11) is -2.01. The second-order valence-corrected chi connectivity index (χ2v) is 7.62. The number of sulfonamides is 1. The van der Waals surface area contributed by atoms with Crippen LogP contribution in [0.25, 0.3) is 0 Å². The molecule has 0 saturated heterocycles. The Morgan fingerprint density at radius 2 is 1.54 bits per heavy atom. The van der Waals surface area contributed by atoms with Crippen LogP contribution >= 0.6 is 0 Å². The number of hydrogen-bond donors (Lipinski definition) is 1. The average Bonchev–Trinajstić information content (AvgIpc) is 2.59. The van der Waals surface area contributed by atoms with Crippen molar-refractivity contribution in [2.75, 3.05) is 13.7 Å². The van der Waals surface area contributed by atoms with E-state index in [1.165, 1.54) is 19.2 Å². The predicted octanol–water partition coefficient (Wildman–Crippen LogP) is 3.21. The fourth-order valence-corrected chi connectivity index (χ4v) is 3.00. The van der Waals surface area contributed by atoms with Gasteiger partial charge in [0.15, 0.2) is 0 Å². The third-order valence-corrected chi connectivity index (χ3v) is 4.76. The number of hydrogen-bond acceptors (Lipinski definition) is 4. The molecule has 0 aliphatic rings. The van der Waals surface area contributed by atoms with E-state index in [1.807, 2.05) is 24.3 Å². The van der Waals surface area contributed by atoms with Crippen LogP contribution < -0.4 is 14.2 Å².